The van der Waals surface area contributed by atoms with Crippen molar-refractivity contribution in [3.8, 4) is 17.0 Å². The first-order chi connectivity index (χ1) is 15.2. The third-order valence-corrected chi connectivity index (χ3v) is 6.73. The number of rotatable bonds is 7. The summed E-state index contributed by atoms with van der Waals surface area (Å²) in [6, 6.07) is 9.09. The molecule has 1 N–H and O–H groups in total. The van der Waals surface area contributed by atoms with Gasteiger partial charge in [0.15, 0.2) is 10.7 Å². The molecule has 1 fully saturated rings. The topological polar surface area (TPSA) is 65.4 Å². The molecule has 0 bridgehead atoms. The van der Waals surface area contributed by atoms with E-state index in [1.165, 1.54) is 17.0 Å². The van der Waals surface area contributed by atoms with E-state index in [1.54, 1.807) is 38.1 Å². The number of carbonyl (C=O) groups is 1. The van der Waals surface area contributed by atoms with Gasteiger partial charge in [0.05, 0.1) is 11.8 Å². The molecule has 0 spiro atoms. The second-order valence-corrected chi connectivity index (χ2v) is 9.88. The molecule has 1 aliphatic heterocycles. The number of amides is 1. The van der Waals surface area contributed by atoms with Crippen molar-refractivity contribution in [2.75, 3.05) is 11.9 Å². The van der Waals surface area contributed by atoms with E-state index in [9.17, 15) is 4.79 Å². The molecule has 1 aliphatic rings. The minimum Gasteiger partial charge on any atom is -0.478 e. The predicted octanol–water partition coefficient (Wildman–Crippen LogP) is 5.86. The molecule has 0 saturated carbocycles. The molecule has 2 aromatic heterocycles. The predicted molar refractivity (Wildman–Crippen MR) is 129 cm³/mol. The second-order valence-electron chi connectivity index (χ2n) is 8.59. The van der Waals surface area contributed by atoms with Crippen LogP contribution in [0.2, 0.25) is 5.02 Å². The Kier molecular flexibility index (Phi) is 6.60. The molecular weight excluding hydrogens is 446 g/mol. The molecule has 8 heteroatoms. The van der Waals surface area contributed by atoms with Crippen LogP contribution in [0.3, 0.4) is 0 Å². The first-order valence-corrected chi connectivity index (χ1v) is 12.0. The van der Waals surface area contributed by atoms with Gasteiger partial charge in [-0.15, -0.1) is 11.3 Å². The fourth-order valence-corrected chi connectivity index (χ4v) is 4.71. The Morgan fingerprint density at radius 3 is 2.78 bits per heavy atom. The summed E-state index contributed by atoms with van der Waals surface area (Å²) < 4.78 is 14.0. The molecular formula is C24H28ClN3O3S. The van der Waals surface area contributed by atoms with Crippen molar-refractivity contribution in [2.24, 2.45) is 0 Å². The third kappa shape index (κ3) is 5.00. The van der Waals surface area contributed by atoms with Crippen LogP contribution in [0.1, 0.15) is 38.1 Å². The van der Waals surface area contributed by atoms with Gasteiger partial charge in [0.25, 0.3) is 5.91 Å². The van der Waals surface area contributed by atoms with Crippen molar-refractivity contribution >= 4 is 34.0 Å². The summed E-state index contributed by atoms with van der Waals surface area (Å²) in [5.74, 6) is 0.310. The Morgan fingerprint density at radius 1 is 1.34 bits per heavy atom. The molecule has 1 amide bonds. The number of nitrogens with one attached hydrogen (secondary N) is 1. The minimum atomic E-state index is -1.07. The number of carbonyl (C=O) groups excluding carboxylic acids is 1. The van der Waals surface area contributed by atoms with Gasteiger partial charge >= 0.3 is 0 Å². The van der Waals surface area contributed by atoms with Crippen LogP contribution in [-0.2, 0) is 16.1 Å². The number of benzene rings is 1. The van der Waals surface area contributed by atoms with E-state index in [4.69, 9.17) is 21.1 Å². The Labute approximate surface area is 197 Å². The van der Waals surface area contributed by atoms with Crippen LogP contribution in [0.5, 0.6) is 5.75 Å². The minimum absolute atomic E-state index is 0.266. The summed E-state index contributed by atoms with van der Waals surface area (Å²) in [5.41, 5.74) is 3.20. The number of thiazole rings is 1. The highest BCUT2D eigenvalue weighted by atomic mass is 35.5. The number of aryl methyl sites for hydroxylation is 1. The number of ether oxygens (including phenoxy) is 2. The maximum atomic E-state index is 12.9. The molecule has 4 rings (SSSR count). The molecule has 3 heterocycles. The van der Waals surface area contributed by atoms with E-state index in [0.717, 1.165) is 42.9 Å². The monoisotopic (exact) mass is 473 g/mol. The summed E-state index contributed by atoms with van der Waals surface area (Å²) in [6.45, 7) is 9.38. The number of halogens is 1. The molecule has 170 valence electrons. The smallest absolute Gasteiger partial charge is 0.269 e. The van der Waals surface area contributed by atoms with Crippen LogP contribution in [0.25, 0.3) is 11.3 Å². The summed E-state index contributed by atoms with van der Waals surface area (Å²) >= 11 is 7.32. The number of aromatic nitrogens is 2. The molecule has 6 nitrogen and oxygen atoms in total. The van der Waals surface area contributed by atoms with Crippen LogP contribution in [0, 0.1) is 13.8 Å². The lowest BCUT2D eigenvalue weighted by Crippen LogP contribution is -2.42. The van der Waals surface area contributed by atoms with Crippen LogP contribution >= 0.6 is 22.9 Å². The lowest BCUT2D eigenvalue weighted by Gasteiger charge is -2.24. The zero-order chi connectivity index (χ0) is 22.9. The number of hydrogen-bond donors (Lipinski definition) is 1. The average Bonchev–Trinajstić information content (AvgIpc) is 3.48. The van der Waals surface area contributed by atoms with E-state index in [0.29, 0.717) is 15.9 Å². The highest BCUT2D eigenvalue weighted by Gasteiger charge is 2.31. The Morgan fingerprint density at radius 2 is 2.09 bits per heavy atom. The Bertz CT molecular complexity index is 1100. The van der Waals surface area contributed by atoms with E-state index in [2.05, 4.69) is 34.8 Å². The van der Waals surface area contributed by atoms with E-state index in [-0.39, 0.29) is 12.0 Å². The van der Waals surface area contributed by atoms with Gasteiger partial charge in [-0.1, -0.05) is 11.6 Å². The van der Waals surface area contributed by atoms with Gasteiger partial charge < -0.3 is 14.0 Å². The lowest BCUT2D eigenvalue weighted by molar-refractivity contribution is -0.128. The molecule has 3 aromatic rings. The van der Waals surface area contributed by atoms with Gasteiger partial charge in [0.1, 0.15) is 5.75 Å². The van der Waals surface area contributed by atoms with Gasteiger partial charge in [-0.3, -0.25) is 10.1 Å². The van der Waals surface area contributed by atoms with Crippen molar-refractivity contribution < 1.29 is 14.3 Å². The largest absolute Gasteiger partial charge is 0.478 e. The highest BCUT2D eigenvalue weighted by molar-refractivity contribution is 7.14. The fraction of sp³-hybridized carbons (Fsp3) is 0.417. The number of anilines is 1. The summed E-state index contributed by atoms with van der Waals surface area (Å²) in [7, 11) is 0. The normalized spacial score (nSPS) is 16.3. The van der Waals surface area contributed by atoms with Gasteiger partial charge in [-0.05, 0) is 70.9 Å². The Hall–Kier alpha value is -2.35. The molecule has 1 saturated heterocycles. The van der Waals surface area contributed by atoms with Crippen LogP contribution in [0.4, 0.5) is 5.13 Å². The molecule has 32 heavy (non-hydrogen) atoms. The van der Waals surface area contributed by atoms with Crippen LogP contribution in [-0.4, -0.2) is 33.8 Å². The zero-order valence-corrected chi connectivity index (χ0v) is 20.3. The fourth-order valence-electron chi connectivity index (χ4n) is 3.88. The first-order valence-electron chi connectivity index (χ1n) is 10.7. The quantitative estimate of drug-likeness (QED) is 0.467. The standard InChI is InChI=1S/C24H28ClN3O3S/c1-15-12-20(16(2)28(15)13-19-6-5-11-30-19)21-14-32-23(26-21)27-22(29)24(3,4)31-18-9-7-17(25)8-10-18/h7-10,12,14,19H,5-6,11,13H2,1-4H3,(H,26,27,29). The van der Waals surface area contributed by atoms with Gasteiger partial charge in [-0.25, -0.2) is 4.98 Å². The SMILES string of the molecule is Cc1cc(-c2csc(NC(=O)C(C)(C)Oc3ccc(Cl)cc3)n2)c(C)n1CC1CCCO1. The molecule has 0 radical (unpaired) electrons. The van der Waals surface area contributed by atoms with Crippen molar-refractivity contribution in [3.63, 3.8) is 0 Å². The van der Waals surface area contributed by atoms with Crippen molar-refractivity contribution in [1.82, 2.24) is 9.55 Å². The lowest BCUT2D eigenvalue weighted by atomic mass is 10.1. The van der Waals surface area contributed by atoms with E-state index >= 15 is 0 Å². The van der Waals surface area contributed by atoms with Crippen LogP contribution in [0.15, 0.2) is 35.7 Å². The third-order valence-electron chi connectivity index (χ3n) is 5.72. The zero-order valence-electron chi connectivity index (χ0n) is 18.8. The van der Waals surface area contributed by atoms with Crippen molar-refractivity contribution in [2.45, 2.75) is 58.8 Å². The summed E-state index contributed by atoms with van der Waals surface area (Å²) in [4.78, 5) is 17.5. The van der Waals surface area contributed by atoms with Gasteiger partial charge in [0, 0.05) is 40.5 Å². The van der Waals surface area contributed by atoms with E-state index in [1.807, 2.05) is 5.38 Å². The summed E-state index contributed by atoms with van der Waals surface area (Å²) in [6.07, 6.45) is 2.51. The van der Waals surface area contributed by atoms with Gasteiger partial charge in [-0.2, -0.15) is 0 Å². The summed E-state index contributed by atoms with van der Waals surface area (Å²) in [5, 5.41) is 6.03. The maximum Gasteiger partial charge on any atom is 0.269 e. The van der Waals surface area contributed by atoms with Crippen molar-refractivity contribution in [1.29, 1.82) is 0 Å². The molecule has 1 aromatic carbocycles. The molecule has 0 aliphatic carbocycles. The first kappa shape index (κ1) is 22.8. The van der Waals surface area contributed by atoms with Gasteiger partial charge in [0.2, 0.25) is 0 Å². The Balaban J connectivity index is 1.45. The maximum absolute atomic E-state index is 12.9. The highest BCUT2D eigenvalue weighted by Crippen LogP contribution is 2.31. The second kappa shape index (κ2) is 9.25. The molecule has 1 atom stereocenters. The molecule has 1 unspecified atom stereocenters. The van der Waals surface area contributed by atoms with Crippen LogP contribution < -0.4 is 10.1 Å². The average molecular weight is 474 g/mol. The van der Waals surface area contributed by atoms with E-state index < -0.39 is 5.60 Å². The van der Waals surface area contributed by atoms with Crippen molar-refractivity contribution in [3.05, 3.63) is 52.1 Å². The number of hydrogen-bond acceptors (Lipinski definition) is 5. The number of nitrogens with zero attached hydrogens (tertiary/aromatic N) is 2.